The summed E-state index contributed by atoms with van der Waals surface area (Å²) in [6.45, 7) is 2.28. The van der Waals surface area contributed by atoms with Gasteiger partial charge >= 0.3 is 0 Å². The fraction of sp³-hybridized carbons (Fsp3) is 0.467. The van der Waals surface area contributed by atoms with Crippen LogP contribution >= 0.6 is 0 Å². The first-order valence-corrected chi connectivity index (χ1v) is 12.6. The van der Waals surface area contributed by atoms with Gasteiger partial charge in [0.2, 0.25) is 0 Å². The highest BCUT2D eigenvalue weighted by Crippen LogP contribution is 2.35. The van der Waals surface area contributed by atoms with E-state index in [1.807, 2.05) is 18.2 Å². The van der Waals surface area contributed by atoms with Gasteiger partial charge in [0.05, 0.1) is 0 Å². The molecule has 170 valence electrons. The fourth-order valence-electron chi connectivity index (χ4n) is 5.39. The van der Waals surface area contributed by atoms with E-state index in [1.165, 1.54) is 81.9 Å². The van der Waals surface area contributed by atoms with Crippen LogP contribution in [0.5, 0.6) is 0 Å². The van der Waals surface area contributed by atoms with Crippen molar-refractivity contribution in [2.24, 2.45) is 11.8 Å². The molecule has 0 atom stereocenters. The Kier molecular flexibility index (Phi) is 7.95. The van der Waals surface area contributed by atoms with E-state index >= 15 is 4.39 Å². The zero-order valence-electron chi connectivity index (χ0n) is 19.4. The summed E-state index contributed by atoms with van der Waals surface area (Å²) in [6.07, 6.45) is 14.9. The highest BCUT2D eigenvalue weighted by atomic mass is 19.1. The quantitative estimate of drug-likeness (QED) is 0.294. The lowest BCUT2D eigenvalue weighted by atomic mass is 9.77. The molecule has 0 nitrogen and oxygen atoms in total. The first kappa shape index (κ1) is 23.0. The van der Waals surface area contributed by atoms with Gasteiger partial charge < -0.3 is 0 Å². The normalized spacial score (nSPS) is 18.8. The van der Waals surface area contributed by atoms with Gasteiger partial charge in [0.15, 0.2) is 0 Å². The molecule has 1 saturated carbocycles. The van der Waals surface area contributed by atoms with E-state index in [4.69, 9.17) is 0 Å². The maximum atomic E-state index is 15.1. The van der Waals surface area contributed by atoms with E-state index in [0.29, 0.717) is 16.5 Å². The van der Waals surface area contributed by atoms with Crippen molar-refractivity contribution in [2.75, 3.05) is 0 Å². The molecule has 0 heterocycles. The largest absolute Gasteiger partial charge is 0.207 e. The van der Waals surface area contributed by atoms with Crippen LogP contribution in [-0.2, 0) is 6.42 Å². The first-order chi connectivity index (χ1) is 15.6. The minimum absolute atomic E-state index is 0.224. The highest BCUT2D eigenvalue weighted by Gasteiger charge is 2.20. The molecule has 0 bridgehead atoms. The number of benzene rings is 3. The van der Waals surface area contributed by atoms with Crippen LogP contribution in [0.1, 0.15) is 76.7 Å². The summed E-state index contributed by atoms with van der Waals surface area (Å²) in [4.78, 5) is 0. The van der Waals surface area contributed by atoms with Crippen LogP contribution in [0.3, 0.4) is 0 Å². The summed E-state index contributed by atoms with van der Waals surface area (Å²) < 4.78 is 28.3. The van der Waals surface area contributed by atoms with Gasteiger partial charge in [-0.1, -0.05) is 107 Å². The molecule has 32 heavy (non-hydrogen) atoms. The zero-order chi connectivity index (χ0) is 22.3. The second kappa shape index (κ2) is 11.1. The van der Waals surface area contributed by atoms with Gasteiger partial charge in [-0.3, -0.25) is 0 Å². The Morgan fingerprint density at radius 2 is 1.47 bits per heavy atom. The summed E-state index contributed by atoms with van der Waals surface area (Å²) in [7, 11) is 0. The van der Waals surface area contributed by atoms with Crippen LogP contribution in [0.2, 0.25) is 0 Å². The van der Waals surface area contributed by atoms with Crippen molar-refractivity contribution in [3.8, 4) is 11.1 Å². The molecular formula is C30H36F2. The number of hydrogen-bond donors (Lipinski definition) is 0. The predicted molar refractivity (Wildman–Crippen MR) is 132 cm³/mol. The first-order valence-electron chi connectivity index (χ1n) is 12.6. The van der Waals surface area contributed by atoms with Gasteiger partial charge in [-0.15, -0.1) is 0 Å². The summed E-state index contributed by atoms with van der Waals surface area (Å²) in [5, 5.41) is 1.58. The van der Waals surface area contributed by atoms with Crippen LogP contribution in [0.25, 0.3) is 21.9 Å². The summed E-state index contributed by atoms with van der Waals surface area (Å²) >= 11 is 0. The number of halogens is 2. The van der Waals surface area contributed by atoms with Gasteiger partial charge in [0, 0.05) is 10.9 Å². The smallest absolute Gasteiger partial charge is 0.138 e. The molecule has 0 amide bonds. The third-order valence-electron chi connectivity index (χ3n) is 7.45. The standard InChI is InChI=1S/C30H36F2/c1-2-3-4-5-6-22-7-9-23(10-8-22)11-12-24-13-19-29-26(21-24)16-20-28(30(29)32)25-14-17-27(31)18-15-25/h13-23H,2-12H2,1H3. The van der Waals surface area contributed by atoms with E-state index in [2.05, 4.69) is 19.1 Å². The average Bonchev–Trinajstić information content (AvgIpc) is 2.82. The van der Waals surface area contributed by atoms with Gasteiger partial charge in [-0.25, -0.2) is 8.78 Å². The summed E-state index contributed by atoms with van der Waals surface area (Å²) in [5.41, 5.74) is 2.53. The second-order valence-corrected chi connectivity index (χ2v) is 9.76. The molecule has 1 aliphatic carbocycles. The van der Waals surface area contributed by atoms with Crippen molar-refractivity contribution >= 4 is 10.8 Å². The molecule has 4 rings (SSSR count). The Labute approximate surface area is 192 Å². The van der Waals surface area contributed by atoms with Gasteiger partial charge in [0.25, 0.3) is 0 Å². The van der Waals surface area contributed by atoms with E-state index in [9.17, 15) is 4.39 Å². The van der Waals surface area contributed by atoms with Crippen LogP contribution in [-0.4, -0.2) is 0 Å². The van der Waals surface area contributed by atoms with Gasteiger partial charge in [-0.2, -0.15) is 0 Å². The van der Waals surface area contributed by atoms with E-state index in [0.717, 1.165) is 23.6 Å². The van der Waals surface area contributed by atoms with Crippen LogP contribution in [0, 0.1) is 23.5 Å². The minimum Gasteiger partial charge on any atom is -0.207 e. The Morgan fingerprint density at radius 3 is 2.19 bits per heavy atom. The van der Waals surface area contributed by atoms with Crippen molar-refractivity contribution in [3.63, 3.8) is 0 Å². The number of rotatable bonds is 9. The Morgan fingerprint density at radius 1 is 0.750 bits per heavy atom. The van der Waals surface area contributed by atoms with Gasteiger partial charge in [0.1, 0.15) is 11.6 Å². The monoisotopic (exact) mass is 434 g/mol. The molecule has 3 aromatic carbocycles. The molecule has 1 aliphatic rings. The highest BCUT2D eigenvalue weighted by molar-refractivity contribution is 5.88. The lowest BCUT2D eigenvalue weighted by Gasteiger charge is -2.28. The molecule has 2 heteroatoms. The molecule has 0 N–H and O–H groups in total. The SMILES string of the molecule is CCCCCCC1CCC(CCc2ccc3c(F)c(-c4ccc(F)cc4)ccc3c2)CC1. The van der Waals surface area contributed by atoms with Crippen molar-refractivity contribution in [1.82, 2.24) is 0 Å². The molecule has 1 fully saturated rings. The Bertz CT molecular complexity index is 997. The van der Waals surface area contributed by atoms with Crippen LogP contribution in [0.4, 0.5) is 8.78 Å². The Hall–Kier alpha value is -2.22. The molecule has 0 aromatic heterocycles. The van der Waals surface area contributed by atoms with Crippen molar-refractivity contribution < 1.29 is 8.78 Å². The lowest BCUT2D eigenvalue weighted by molar-refractivity contribution is 0.249. The fourth-order valence-corrected chi connectivity index (χ4v) is 5.39. The molecule has 0 saturated heterocycles. The van der Waals surface area contributed by atoms with Gasteiger partial charge in [-0.05, 0) is 53.3 Å². The summed E-state index contributed by atoms with van der Waals surface area (Å²) in [5.74, 6) is 1.27. The minimum atomic E-state index is -0.306. The summed E-state index contributed by atoms with van der Waals surface area (Å²) in [6, 6.07) is 16.0. The maximum Gasteiger partial charge on any atom is 0.138 e. The molecule has 0 radical (unpaired) electrons. The van der Waals surface area contributed by atoms with Crippen molar-refractivity contribution in [2.45, 2.75) is 77.6 Å². The molecule has 0 spiro atoms. The van der Waals surface area contributed by atoms with E-state index in [1.54, 1.807) is 12.1 Å². The second-order valence-electron chi connectivity index (χ2n) is 9.76. The molecule has 0 unspecified atom stereocenters. The lowest BCUT2D eigenvalue weighted by Crippen LogP contribution is -2.15. The maximum absolute atomic E-state index is 15.1. The predicted octanol–water partition coefficient (Wildman–Crippen LogP) is 9.49. The van der Waals surface area contributed by atoms with Crippen molar-refractivity contribution in [1.29, 1.82) is 0 Å². The van der Waals surface area contributed by atoms with Crippen LogP contribution < -0.4 is 0 Å². The zero-order valence-corrected chi connectivity index (χ0v) is 19.4. The number of unbranched alkanes of at least 4 members (excludes halogenated alkanes) is 3. The number of aryl methyl sites for hydroxylation is 1. The Balaban J connectivity index is 1.33. The number of fused-ring (bicyclic) bond motifs is 1. The van der Waals surface area contributed by atoms with E-state index in [-0.39, 0.29) is 11.6 Å². The third-order valence-corrected chi connectivity index (χ3v) is 7.45. The number of hydrogen-bond acceptors (Lipinski definition) is 0. The van der Waals surface area contributed by atoms with Crippen LogP contribution in [0.15, 0.2) is 54.6 Å². The van der Waals surface area contributed by atoms with E-state index < -0.39 is 0 Å². The topological polar surface area (TPSA) is 0 Å². The average molecular weight is 435 g/mol. The molecular weight excluding hydrogens is 398 g/mol. The van der Waals surface area contributed by atoms with Crippen molar-refractivity contribution in [3.05, 3.63) is 71.8 Å². The third kappa shape index (κ3) is 5.77. The molecule has 0 aliphatic heterocycles. The molecule has 3 aromatic rings.